The van der Waals surface area contributed by atoms with E-state index in [0.717, 1.165) is 17.7 Å². The van der Waals surface area contributed by atoms with Gasteiger partial charge >= 0.3 is 6.36 Å². The average Bonchev–Trinajstić information content (AvgIpc) is 2.74. The van der Waals surface area contributed by atoms with Gasteiger partial charge in [0.1, 0.15) is 17.4 Å². The van der Waals surface area contributed by atoms with E-state index < -0.39 is 17.7 Å². The summed E-state index contributed by atoms with van der Waals surface area (Å²) in [4.78, 5) is 25.8. The summed E-state index contributed by atoms with van der Waals surface area (Å²) in [6.07, 6.45) is -4.24. The molecule has 0 saturated heterocycles. The number of ether oxygens (including phenoxy) is 1. The van der Waals surface area contributed by atoms with Crippen molar-refractivity contribution in [2.24, 2.45) is 0 Å². The van der Waals surface area contributed by atoms with Crippen molar-refractivity contribution in [1.29, 1.82) is 5.26 Å². The fourth-order valence-electron chi connectivity index (χ4n) is 3.85. The Kier molecular flexibility index (Phi) is 5.11. The maximum absolute atomic E-state index is 13.0. The third kappa shape index (κ3) is 4.08. The number of benzene rings is 2. The minimum atomic E-state index is -4.84. The highest BCUT2D eigenvalue weighted by atomic mass is 19.4. The standard InChI is InChI=1S/C23H15F3N2O3/c24-23(25,26)31-18-8-6-17(7-9-18)28-20-11-15(14-4-2-1-3-5-14)12-21(29)19(20)10-16(13-27)22(28)30/h1-10,15H,11-12H2/t15-/m0/s1. The first-order chi connectivity index (χ1) is 14.8. The Balaban J connectivity index is 1.84. The quantitative estimate of drug-likeness (QED) is 0.620. The molecule has 5 nitrogen and oxygen atoms in total. The van der Waals surface area contributed by atoms with Gasteiger partial charge in [-0.25, -0.2) is 0 Å². The number of nitrogens with zero attached hydrogens (tertiary/aromatic N) is 2. The minimum absolute atomic E-state index is 0.160. The van der Waals surface area contributed by atoms with Crippen LogP contribution in [0.3, 0.4) is 0 Å². The monoisotopic (exact) mass is 424 g/mol. The SMILES string of the molecule is N#Cc1cc2c(n(-c3ccc(OC(F)(F)F)cc3)c1=O)C[C@H](c1ccccc1)CC2=O. The van der Waals surface area contributed by atoms with E-state index in [2.05, 4.69) is 4.74 Å². The molecule has 0 spiro atoms. The van der Waals surface area contributed by atoms with Gasteiger partial charge in [-0.1, -0.05) is 30.3 Å². The van der Waals surface area contributed by atoms with Gasteiger partial charge < -0.3 is 4.74 Å². The number of hydrogen-bond donors (Lipinski definition) is 0. The Morgan fingerprint density at radius 3 is 2.29 bits per heavy atom. The predicted octanol–water partition coefficient (Wildman–Crippen LogP) is 4.52. The number of carbonyl (C=O) groups excluding carboxylic acids is 1. The summed E-state index contributed by atoms with van der Waals surface area (Å²) in [7, 11) is 0. The van der Waals surface area contributed by atoms with Crippen molar-refractivity contribution in [3.8, 4) is 17.5 Å². The van der Waals surface area contributed by atoms with Gasteiger partial charge in [0.25, 0.3) is 5.56 Å². The topological polar surface area (TPSA) is 72.1 Å². The van der Waals surface area contributed by atoms with Crippen LogP contribution in [0.25, 0.3) is 5.69 Å². The molecule has 0 radical (unpaired) electrons. The molecule has 4 rings (SSSR count). The summed E-state index contributed by atoms with van der Waals surface area (Å²) in [6.45, 7) is 0. The lowest BCUT2D eigenvalue weighted by Crippen LogP contribution is -2.31. The van der Waals surface area contributed by atoms with Crippen molar-refractivity contribution < 1.29 is 22.7 Å². The number of ketones is 1. The Hall–Kier alpha value is -3.86. The first-order valence-corrected chi connectivity index (χ1v) is 9.40. The molecule has 0 saturated carbocycles. The summed E-state index contributed by atoms with van der Waals surface area (Å²) in [5, 5.41) is 9.36. The van der Waals surface area contributed by atoms with E-state index in [1.165, 1.54) is 22.8 Å². The molecule has 1 aliphatic carbocycles. The second-order valence-electron chi connectivity index (χ2n) is 7.15. The van der Waals surface area contributed by atoms with E-state index >= 15 is 0 Å². The van der Waals surface area contributed by atoms with Crippen molar-refractivity contribution in [3.05, 3.63) is 93.4 Å². The van der Waals surface area contributed by atoms with Gasteiger partial charge in [0.2, 0.25) is 0 Å². The number of hydrogen-bond acceptors (Lipinski definition) is 4. The van der Waals surface area contributed by atoms with Crippen LogP contribution in [0.4, 0.5) is 13.2 Å². The van der Waals surface area contributed by atoms with Crippen molar-refractivity contribution in [3.63, 3.8) is 0 Å². The van der Waals surface area contributed by atoms with Crippen LogP contribution < -0.4 is 10.3 Å². The molecular formula is C23H15F3N2O3. The molecule has 8 heteroatoms. The lowest BCUT2D eigenvalue weighted by atomic mass is 9.81. The fourth-order valence-corrected chi connectivity index (χ4v) is 3.85. The Morgan fingerprint density at radius 2 is 1.68 bits per heavy atom. The predicted molar refractivity (Wildman–Crippen MR) is 105 cm³/mol. The molecule has 0 N–H and O–H groups in total. The summed E-state index contributed by atoms with van der Waals surface area (Å²) < 4.78 is 42.5. The van der Waals surface area contributed by atoms with Crippen LogP contribution in [-0.2, 0) is 6.42 Å². The molecule has 3 aromatic rings. The molecule has 0 amide bonds. The van der Waals surface area contributed by atoms with Gasteiger partial charge in [-0.3, -0.25) is 14.2 Å². The Bertz CT molecular complexity index is 1240. The van der Waals surface area contributed by atoms with Gasteiger partial charge in [0.15, 0.2) is 5.78 Å². The summed E-state index contributed by atoms with van der Waals surface area (Å²) in [5.74, 6) is -0.794. The number of fused-ring (bicyclic) bond motifs is 1. The highest BCUT2D eigenvalue weighted by molar-refractivity contribution is 5.99. The first-order valence-electron chi connectivity index (χ1n) is 9.40. The zero-order valence-corrected chi connectivity index (χ0v) is 16.0. The van der Waals surface area contributed by atoms with Gasteiger partial charge in [-0.05, 0) is 48.2 Å². The number of rotatable bonds is 3. The highest BCUT2D eigenvalue weighted by Crippen LogP contribution is 2.34. The first kappa shape index (κ1) is 20.4. The molecule has 0 bridgehead atoms. The van der Waals surface area contributed by atoms with Gasteiger partial charge in [0.05, 0.1) is 0 Å². The van der Waals surface area contributed by atoms with Crippen LogP contribution in [0.15, 0.2) is 65.5 Å². The number of aromatic nitrogens is 1. The Labute approximate surface area is 174 Å². The highest BCUT2D eigenvalue weighted by Gasteiger charge is 2.32. The molecule has 156 valence electrons. The van der Waals surface area contributed by atoms with E-state index in [0.29, 0.717) is 12.1 Å². The molecule has 1 heterocycles. The van der Waals surface area contributed by atoms with Crippen molar-refractivity contribution >= 4 is 5.78 Å². The van der Waals surface area contributed by atoms with Crippen LogP contribution in [-0.4, -0.2) is 16.7 Å². The van der Waals surface area contributed by atoms with Gasteiger partial charge in [0, 0.05) is 23.4 Å². The summed E-state index contributed by atoms with van der Waals surface area (Å²) in [5.41, 5.74) is 1.05. The second-order valence-corrected chi connectivity index (χ2v) is 7.15. The zero-order chi connectivity index (χ0) is 22.2. The third-order valence-electron chi connectivity index (χ3n) is 5.19. The summed E-state index contributed by atoms with van der Waals surface area (Å²) >= 11 is 0. The average molecular weight is 424 g/mol. The van der Waals surface area contributed by atoms with E-state index in [1.54, 1.807) is 6.07 Å². The maximum atomic E-state index is 13.0. The lowest BCUT2D eigenvalue weighted by Gasteiger charge is -2.27. The summed E-state index contributed by atoms with van der Waals surface area (Å²) in [6, 6.07) is 17.2. The van der Waals surface area contributed by atoms with E-state index in [-0.39, 0.29) is 34.9 Å². The van der Waals surface area contributed by atoms with Crippen molar-refractivity contribution in [1.82, 2.24) is 4.57 Å². The molecule has 0 fully saturated rings. The third-order valence-corrected chi connectivity index (χ3v) is 5.19. The fraction of sp³-hybridized carbons (Fsp3) is 0.174. The molecular weight excluding hydrogens is 409 g/mol. The molecule has 0 aliphatic heterocycles. The molecule has 2 aromatic carbocycles. The minimum Gasteiger partial charge on any atom is -0.406 e. The molecule has 1 aromatic heterocycles. The number of Topliss-reactive ketones (excluding diaryl/α,β-unsaturated/α-hetero) is 1. The number of halogens is 3. The van der Waals surface area contributed by atoms with Crippen molar-refractivity contribution in [2.75, 3.05) is 0 Å². The van der Waals surface area contributed by atoms with E-state index in [4.69, 9.17) is 0 Å². The molecule has 1 atom stereocenters. The zero-order valence-electron chi connectivity index (χ0n) is 16.0. The van der Waals surface area contributed by atoms with Crippen LogP contribution >= 0.6 is 0 Å². The van der Waals surface area contributed by atoms with E-state index in [1.807, 2.05) is 30.3 Å². The number of alkyl halides is 3. The van der Waals surface area contributed by atoms with Crippen LogP contribution in [0.1, 0.15) is 39.5 Å². The smallest absolute Gasteiger partial charge is 0.406 e. The number of carbonyl (C=O) groups is 1. The van der Waals surface area contributed by atoms with Gasteiger partial charge in [-0.2, -0.15) is 5.26 Å². The molecule has 0 unspecified atom stereocenters. The van der Waals surface area contributed by atoms with E-state index in [9.17, 15) is 28.0 Å². The number of pyridine rings is 1. The molecule has 1 aliphatic rings. The largest absolute Gasteiger partial charge is 0.573 e. The number of nitriles is 1. The Morgan fingerprint density at radius 1 is 1.00 bits per heavy atom. The van der Waals surface area contributed by atoms with Crippen LogP contribution in [0.2, 0.25) is 0 Å². The molecule has 31 heavy (non-hydrogen) atoms. The lowest BCUT2D eigenvalue weighted by molar-refractivity contribution is -0.274. The maximum Gasteiger partial charge on any atom is 0.573 e. The van der Waals surface area contributed by atoms with Crippen LogP contribution in [0.5, 0.6) is 5.75 Å². The normalized spacial score (nSPS) is 15.8. The van der Waals surface area contributed by atoms with Crippen LogP contribution in [0, 0.1) is 11.3 Å². The van der Waals surface area contributed by atoms with Crippen molar-refractivity contribution in [2.45, 2.75) is 25.1 Å². The van der Waals surface area contributed by atoms with Gasteiger partial charge in [-0.15, -0.1) is 13.2 Å². The second kappa shape index (κ2) is 7.76.